The maximum Gasteiger partial charge on any atom is 0.307 e. The van der Waals surface area contributed by atoms with Crippen LogP contribution in [0.25, 0.3) is 0 Å². The second-order valence-electron chi connectivity index (χ2n) is 10.3. The first-order valence-corrected chi connectivity index (χ1v) is 12.8. The number of ether oxygens (including phenoxy) is 5. The van der Waals surface area contributed by atoms with E-state index in [1.54, 1.807) is 0 Å². The lowest BCUT2D eigenvalue weighted by Crippen LogP contribution is -2.52. The summed E-state index contributed by atoms with van der Waals surface area (Å²) in [6.07, 6.45) is 1.82. The smallest absolute Gasteiger partial charge is 0.307 e. The molecular formula is C27H43NO6. The molecule has 7 nitrogen and oxygen atoms in total. The third kappa shape index (κ3) is 7.75. The molecule has 2 heterocycles. The van der Waals surface area contributed by atoms with Crippen LogP contribution in [0.4, 0.5) is 0 Å². The van der Waals surface area contributed by atoms with E-state index in [0.29, 0.717) is 19.1 Å². The number of fused-ring (bicyclic) bond motifs is 1. The van der Waals surface area contributed by atoms with Gasteiger partial charge in [0, 0.05) is 12.1 Å². The Morgan fingerprint density at radius 2 is 1.85 bits per heavy atom. The molecule has 0 radical (unpaired) electrons. The SMILES string of the molecule is CCOC(=O)CC(NC(C)CCCC(C)C)[C@H]1O[C@@H]2OC(C)(C)O[C@@H]2[C@H]1OCc1ccccc1. The van der Waals surface area contributed by atoms with Crippen molar-refractivity contribution >= 4 is 5.97 Å². The minimum atomic E-state index is -0.747. The van der Waals surface area contributed by atoms with E-state index in [2.05, 4.69) is 26.1 Å². The molecule has 0 bridgehead atoms. The average molecular weight is 478 g/mol. The summed E-state index contributed by atoms with van der Waals surface area (Å²) in [5.74, 6) is -0.324. The Morgan fingerprint density at radius 1 is 1.12 bits per heavy atom. The molecule has 34 heavy (non-hydrogen) atoms. The van der Waals surface area contributed by atoms with Crippen molar-refractivity contribution in [1.82, 2.24) is 5.32 Å². The van der Waals surface area contributed by atoms with E-state index in [9.17, 15) is 4.79 Å². The van der Waals surface area contributed by atoms with Crippen LogP contribution in [0.5, 0.6) is 0 Å². The number of carbonyl (C=O) groups excluding carboxylic acids is 1. The maximum atomic E-state index is 12.5. The van der Waals surface area contributed by atoms with Crippen molar-refractivity contribution < 1.29 is 28.5 Å². The number of esters is 1. The van der Waals surface area contributed by atoms with Gasteiger partial charge in [-0.25, -0.2) is 0 Å². The van der Waals surface area contributed by atoms with E-state index in [1.165, 1.54) is 6.42 Å². The topological polar surface area (TPSA) is 75.3 Å². The summed E-state index contributed by atoms with van der Waals surface area (Å²) in [6, 6.07) is 9.97. The van der Waals surface area contributed by atoms with Gasteiger partial charge in [0.25, 0.3) is 0 Å². The second-order valence-corrected chi connectivity index (χ2v) is 10.3. The van der Waals surface area contributed by atoms with Gasteiger partial charge in [0.05, 0.1) is 19.6 Å². The number of hydrogen-bond donors (Lipinski definition) is 1. The fraction of sp³-hybridized carbons (Fsp3) is 0.741. The van der Waals surface area contributed by atoms with Crippen molar-refractivity contribution in [1.29, 1.82) is 0 Å². The van der Waals surface area contributed by atoms with E-state index >= 15 is 0 Å². The van der Waals surface area contributed by atoms with Gasteiger partial charge < -0.3 is 29.0 Å². The molecule has 0 aromatic heterocycles. The molecule has 1 aromatic carbocycles. The molecule has 2 saturated heterocycles. The van der Waals surface area contributed by atoms with Crippen molar-refractivity contribution in [2.24, 2.45) is 5.92 Å². The summed E-state index contributed by atoms with van der Waals surface area (Å²) in [5.41, 5.74) is 1.07. The minimum absolute atomic E-state index is 0.195. The highest BCUT2D eigenvalue weighted by molar-refractivity contribution is 5.70. The van der Waals surface area contributed by atoms with E-state index < -0.39 is 18.2 Å². The van der Waals surface area contributed by atoms with E-state index in [4.69, 9.17) is 23.7 Å². The van der Waals surface area contributed by atoms with Crippen LogP contribution in [0.3, 0.4) is 0 Å². The van der Waals surface area contributed by atoms with Gasteiger partial charge in [-0.2, -0.15) is 0 Å². The highest BCUT2D eigenvalue weighted by Crippen LogP contribution is 2.40. The zero-order valence-electron chi connectivity index (χ0n) is 21.6. The van der Waals surface area contributed by atoms with E-state index in [0.717, 1.165) is 18.4 Å². The lowest BCUT2D eigenvalue weighted by molar-refractivity contribution is -0.223. The van der Waals surface area contributed by atoms with Crippen LogP contribution in [-0.2, 0) is 35.1 Å². The molecule has 192 valence electrons. The van der Waals surface area contributed by atoms with Gasteiger partial charge in [-0.3, -0.25) is 4.79 Å². The second kappa shape index (κ2) is 12.5. The van der Waals surface area contributed by atoms with Crippen LogP contribution in [-0.4, -0.2) is 55.0 Å². The largest absolute Gasteiger partial charge is 0.466 e. The summed E-state index contributed by atoms with van der Waals surface area (Å²) >= 11 is 0. The Hall–Kier alpha value is -1.51. The first-order valence-electron chi connectivity index (χ1n) is 12.8. The van der Waals surface area contributed by atoms with Gasteiger partial charge in [0.15, 0.2) is 12.1 Å². The van der Waals surface area contributed by atoms with Gasteiger partial charge >= 0.3 is 5.97 Å². The van der Waals surface area contributed by atoms with E-state index in [1.807, 2.05) is 51.1 Å². The van der Waals surface area contributed by atoms with Gasteiger partial charge in [-0.15, -0.1) is 0 Å². The minimum Gasteiger partial charge on any atom is -0.466 e. The van der Waals surface area contributed by atoms with E-state index in [-0.39, 0.29) is 36.7 Å². The molecule has 0 saturated carbocycles. The Morgan fingerprint density at radius 3 is 2.53 bits per heavy atom. The molecule has 2 unspecified atom stereocenters. The first kappa shape index (κ1) is 27.1. The van der Waals surface area contributed by atoms with Crippen molar-refractivity contribution in [2.75, 3.05) is 6.61 Å². The lowest BCUT2D eigenvalue weighted by atomic mass is 9.98. The van der Waals surface area contributed by atoms with Crippen molar-refractivity contribution in [3.05, 3.63) is 35.9 Å². The Bertz CT molecular complexity index is 755. The Balaban J connectivity index is 1.75. The van der Waals surface area contributed by atoms with Crippen molar-refractivity contribution in [2.45, 2.75) is 116 Å². The van der Waals surface area contributed by atoms with Gasteiger partial charge in [-0.05, 0) is 45.6 Å². The molecule has 1 aromatic rings. The fourth-order valence-corrected chi connectivity index (χ4v) is 4.73. The lowest BCUT2D eigenvalue weighted by Gasteiger charge is -2.33. The summed E-state index contributed by atoms with van der Waals surface area (Å²) in [6.45, 7) is 13.0. The summed E-state index contributed by atoms with van der Waals surface area (Å²) in [7, 11) is 0. The predicted octanol–water partition coefficient (Wildman–Crippen LogP) is 4.57. The van der Waals surface area contributed by atoms with Crippen molar-refractivity contribution in [3.8, 4) is 0 Å². The molecule has 2 aliphatic rings. The molecule has 3 rings (SSSR count). The number of hydrogen-bond acceptors (Lipinski definition) is 7. The summed E-state index contributed by atoms with van der Waals surface area (Å²) < 4.78 is 30.3. The molecule has 2 aliphatic heterocycles. The summed E-state index contributed by atoms with van der Waals surface area (Å²) in [5, 5.41) is 3.64. The average Bonchev–Trinajstić information content (AvgIpc) is 3.24. The molecule has 0 spiro atoms. The Labute approximate surface area is 204 Å². The number of benzene rings is 1. The zero-order chi connectivity index (χ0) is 24.7. The molecule has 0 amide bonds. The van der Waals surface area contributed by atoms with Gasteiger partial charge in [0.1, 0.15) is 18.3 Å². The Kier molecular flexibility index (Phi) is 9.92. The van der Waals surface area contributed by atoms with Crippen LogP contribution in [0.2, 0.25) is 0 Å². The number of nitrogens with one attached hydrogen (secondary N) is 1. The van der Waals surface area contributed by atoms with Gasteiger partial charge in [0.2, 0.25) is 0 Å². The predicted molar refractivity (Wildman–Crippen MR) is 130 cm³/mol. The zero-order valence-corrected chi connectivity index (χ0v) is 21.6. The molecule has 6 atom stereocenters. The standard InChI is InChI=1S/C27H43NO6/c1-7-30-22(29)16-21(28-19(4)13-11-12-18(2)3)23-24(31-17-20-14-9-8-10-15-20)25-26(32-23)34-27(5,6)33-25/h8-10,14-15,18-19,21,23-26,28H,7,11-13,16-17H2,1-6H3/t19?,21?,23-,24+,25-,26-/m1/s1. The molecule has 0 aliphatic carbocycles. The highest BCUT2D eigenvalue weighted by atomic mass is 16.8. The fourth-order valence-electron chi connectivity index (χ4n) is 4.73. The van der Waals surface area contributed by atoms with Gasteiger partial charge in [-0.1, -0.05) is 57.0 Å². The third-order valence-corrected chi connectivity index (χ3v) is 6.32. The first-order chi connectivity index (χ1) is 16.2. The normalized spacial score (nSPS) is 27.5. The van der Waals surface area contributed by atoms with Crippen LogP contribution in [0.15, 0.2) is 30.3 Å². The third-order valence-electron chi connectivity index (χ3n) is 6.32. The van der Waals surface area contributed by atoms with Crippen LogP contribution >= 0.6 is 0 Å². The quantitative estimate of drug-likeness (QED) is 0.417. The molecular weight excluding hydrogens is 434 g/mol. The number of rotatable bonds is 13. The van der Waals surface area contributed by atoms with Crippen molar-refractivity contribution in [3.63, 3.8) is 0 Å². The number of carbonyl (C=O) groups is 1. The molecule has 1 N–H and O–H groups in total. The highest BCUT2D eigenvalue weighted by Gasteiger charge is 2.57. The van der Waals surface area contributed by atoms with Crippen LogP contribution < -0.4 is 5.32 Å². The molecule has 7 heteroatoms. The van der Waals surface area contributed by atoms with Crippen LogP contribution in [0.1, 0.15) is 72.8 Å². The summed E-state index contributed by atoms with van der Waals surface area (Å²) in [4.78, 5) is 12.5. The monoisotopic (exact) mass is 477 g/mol. The molecule has 2 fully saturated rings. The van der Waals surface area contributed by atoms with Crippen LogP contribution in [0, 0.1) is 5.92 Å². The maximum absolute atomic E-state index is 12.5.